The first-order chi connectivity index (χ1) is 42.7. The fourth-order valence-electron chi connectivity index (χ4n) is 12.1. The largest absolute Gasteiger partial charge is 0.165 e. The molecule has 16 rings (SSSR count). The number of benzene rings is 12. The van der Waals surface area contributed by atoms with Crippen molar-refractivity contribution in [2.24, 2.45) is 0 Å². The minimum atomic E-state index is 0. The molecule has 0 heterocycles. The van der Waals surface area contributed by atoms with E-state index in [1.54, 1.807) is 46.7 Å². The van der Waals surface area contributed by atoms with Gasteiger partial charge in [0.15, 0.2) is 0 Å². The zero-order chi connectivity index (χ0) is 61.3. The summed E-state index contributed by atoms with van der Waals surface area (Å²) in [5.41, 5.74) is 16.2. The molecule has 0 radical (unpaired) electrons. The molecule has 456 valence electrons. The van der Waals surface area contributed by atoms with Gasteiger partial charge in [0, 0.05) is 0 Å². The number of hydrogen-bond acceptors (Lipinski definition) is 0. The van der Waals surface area contributed by atoms with Crippen LogP contribution in [0.15, 0.2) is 291 Å². The number of halogens is 4. The van der Waals surface area contributed by atoms with E-state index < -0.39 is 0 Å². The topological polar surface area (TPSA) is 0 Å². The normalized spacial score (nSPS) is 10.4. The van der Waals surface area contributed by atoms with Crippen LogP contribution in [0.1, 0.15) is 22.3 Å². The van der Waals surface area contributed by atoms with E-state index >= 15 is 0 Å². The first-order valence-corrected chi connectivity index (χ1v) is 42.7. The SMILES string of the molecule is C[Si](C)=[Zr+2].C[Si](C)=[Zr+2].Cc1cc2c(-c3ccc4ccccc4c3)cccc2[cH-]1.Cc1cc2c(-c3ccc4ccccc4c3)cccc2[cH-]1.Cc1cc2c(-c3cccc4ccccc34)cccc2[cH-]1.Cc1cc2c(-c3cccc4ccccc34)cccc2[cH-]1.Cl.Cl.Cl.Cl. The van der Waals surface area contributed by atoms with Gasteiger partial charge in [0.1, 0.15) is 0 Å². The molecular weight excluding hydrogens is 1390 g/mol. The second-order valence-corrected chi connectivity index (χ2v) is 42.3. The molecule has 16 aromatic carbocycles. The van der Waals surface area contributed by atoms with E-state index in [0.717, 1.165) is 0 Å². The quantitative estimate of drug-likeness (QED) is 0.122. The van der Waals surface area contributed by atoms with Gasteiger partial charge in [0.25, 0.3) is 0 Å². The number of hydrogen-bond donors (Lipinski definition) is 0. The maximum absolute atomic E-state index is 2.31. The Labute approximate surface area is 599 Å². The van der Waals surface area contributed by atoms with Crippen LogP contribution in [-0.4, -0.2) is 10.9 Å². The molecule has 8 heteroatoms. The molecule has 0 unspecified atom stereocenters. The van der Waals surface area contributed by atoms with Crippen LogP contribution in [0.2, 0.25) is 26.2 Å². The van der Waals surface area contributed by atoms with Crippen LogP contribution in [0, 0.1) is 27.7 Å². The Morgan fingerprint density at radius 2 is 0.457 bits per heavy atom. The Bertz CT molecular complexity index is 4800. The summed E-state index contributed by atoms with van der Waals surface area (Å²) in [5.74, 6) is 0. The van der Waals surface area contributed by atoms with Crippen LogP contribution in [0.25, 0.3) is 131 Å². The Balaban J connectivity index is 0.000000165. The van der Waals surface area contributed by atoms with E-state index in [1.807, 2.05) is 0 Å². The fraction of sp³-hybridized carbons (Fsp3) is 0.0952. The van der Waals surface area contributed by atoms with Gasteiger partial charge in [-0.15, -0.1) is 188 Å². The summed E-state index contributed by atoms with van der Waals surface area (Å²) in [7, 11) is 0. The molecule has 0 bridgehead atoms. The number of aryl methyl sites for hydroxylation is 4. The molecule has 16 aromatic rings. The van der Waals surface area contributed by atoms with Crippen molar-refractivity contribution in [3.05, 3.63) is 313 Å². The average Bonchev–Trinajstić information content (AvgIpc) is 1.51. The van der Waals surface area contributed by atoms with E-state index in [2.05, 4.69) is 345 Å². The van der Waals surface area contributed by atoms with E-state index in [9.17, 15) is 0 Å². The van der Waals surface area contributed by atoms with Gasteiger partial charge in [0.2, 0.25) is 0 Å². The summed E-state index contributed by atoms with van der Waals surface area (Å²) in [4.78, 5) is 0. The smallest absolute Gasteiger partial charge is 0.0114 e. The van der Waals surface area contributed by atoms with Gasteiger partial charge in [-0.2, -0.15) is 24.3 Å². The third kappa shape index (κ3) is 17.6. The van der Waals surface area contributed by atoms with E-state index in [1.165, 1.54) is 153 Å². The van der Waals surface area contributed by atoms with Crippen molar-refractivity contribution in [3.63, 3.8) is 0 Å². The molecule has 0 saturated carbocycles. The predicted octanol–water partition coefficient (Wildman–Crippen LogP) is 26.0. The summed E-state index contributed by atoms with van der Waals surface area (Å²) in [6.45, 7) is 17.9. The third-order valence-corrected chi connectivity index (χ3v) is 15.9. The maximum atomic E-state index is 2.31. The van der Waals surface area contributed by atoms with Crippen LogP contribution >= 0.6 is 49.6 Å². The summed E-state index contributed by atoms with van der Waals surface area (Å²) < 4.78 is 0. The zero-order valence-corrected chi connectivity index (χ0v) is 63.5. The first-order valence-electron chi connectivity index (χ1n) is 30.4. The van der Waals surface area contributed by atoms with E-state index in [0.29, 0.717) is 0 Å². The van der Waals surface area contributed by atoms with Gasteiger partial charge < -0.3 is 0 Å². The third-order valence-electron chi connectivity index (χ3n) is 15.9. The minimum absolute atomic E-state index is 0. The zero-order valence-electron chi connectivity index (χ0n) is 53.3. The van der Waals surface area contributed by atoms with Crippen molar-refractivity contribution in [1.29, 1.82) is 0 Å². The van der Waals surface area contributed by atoms with Crippen molar-refractivity contribution < 1.29 is 46.7 Å². The predicted molar refractivity (Wildman–Crippen MR) is 413 cm³/mol. The molecule has 0 N–H and O–H groups in total. The molecule has 92 heavy (non-hydrogen) atoms. The molecule has 0 spiro atoms. The van der Waals surface area contributed by atoms with Gasteiger partial charge in [-0.1, -0.05) is 232 Å². The van der Waals surface area contributed by atoms with Crippen LogP contribution in [0.3, 0.4) is 0 Å². The molecule has 0 atom stereocenters. The van der Waals surface area contributed by atoms with Crippen LogP contribution < -0.4 is 0 Å². The summed E-state index contributed by atoms with van der Waals surface area (Å²) >= 11 is 3.48. The molecule has 0 saturated heterocycles. The van der Waals surface area contributed by atoms with Crippen LogP contribution in [0.5, 0.6) is 0 Å². The van der Waals surface area contributed by atoms with Crippen molar-refractivity contribution in [1.82, 2.24) is 0 Å². The summed E-state index contributed by atoms with van der Waals surface area (Å²) in [6.07, 6.45) is 0. The second kappa shape index (κ2) is 34.1. The van der Waals surface area contributed by atoms with E-state index in [-0.39, 0.29) is 60.5 Å². The number of rotatable bonds is 4. The first kappa shape index (κ1) is 72.9. The minimum Gasteiger partial charge on any atom is -0.165 e. The maximum Gasteiger partial charge on any atom is -0.0114 e. The molecule has 0 nitrogen and oxygen atoms in total. The Morgan fingerprint density at radius 3 is 0.772 bits per heavy atom. The van der Waals surface area contributed by atoms with Crippen molar-refractivity contribution >= 4 is 147 Å². The van der Waals surface area contributed by atoms with Crippen molar-refractivity contribution in [2.75, 3.05) is 0 Å². The van der Waals surface area contributed by atoms with Gasteiger partial charge in [-0.3, -0.25) is 0 Å². The van der Waals surface area contributed by atoms with Gasteiger partial charge in [0.05, 0.1) is 0 Å². The van der Waals surface area contributed by atoms with Crippen LogP contribution in [-0.2, 0) is 46.7 Å². The summed E-state index contributed by atoms with van der Waals surface area (Å²) in [6, 6.07) is 105. The molecular formula is C84H76Cl4Si2Zr2. The molecule has 0 aliphatic heterocycles. The Kier molecular flexibility index (Phi) is 27.0. The van der Waals surface area contributed by atoms with Crippen molar-refractivity contribution in [2.45, 2.75) is 53.9 Å². The van der Waals surface area contributed by atoms with Gasteiger partial charge >= 0.3 is 83.7 Å². The standard InChI is InChI=1S/4C20H15.2C2H6Si.4ClH.2Zr/c2*1-14-12-16-8-5-11-19(20(16)13-14)18-10-4-7-15-6-2-3-9-17(15)18;2*1-14-11-17-7-4-8-19(20(17)12-14)18-10-9-15-5-2-3-6-16(15)13-18;2*1-3-2;;;;;;/h4*2-13H,1H3;2*1-2H3;4*1H;;/q4*-1;;;;;;;2*+2. The second-order valence-electron chi connectivity index (χ2n) is 23.5. The van der Waals surface area contributed by atoms with Gasteiger partial charge in [-0.05, 0) is 77.5 Å². The van der Waals surface area contributed by atoms with Crippen LogP contribution in [0.4, 0.5) is 0 Å². The Morgan fingerprint density at radius 1 is 0.228 bits per heavy atom. The average molecular weight is 1470 g/mol. The molecule has 0 aromatic heterocycles. The molecule has 0 aliphatic rings. The monoisotopic (exact) mass is 1460 g/mol. The Hall–Kier alpha value is -6.52. The number of fused-ring (bicyclic) bond motifs is 8. The molecule has 0 amide bonds. The van der Waals surface area contributed by atoms with E-state index in [4.69, 9.17) is 0 Å². The molecule has 0 fully saturated rings. The molecule has 0 aliphatic carbocycles. The van der Waals surface area contributed by atoms with Gasteiger partial charge in [-0.25, -0.2) is 0 Å². The fourth-order valence-corrected chi connectivity index (χ4v) is 12.1. The van der Waals surface area contributed by atoms with Crippen molar-refractivity contribution in [3.8, 4) is 44.5 Å². The summed E-state index contributed by atoms with van der Waals surface area (Å²) in [5, 5.41) is 21.1.